The van der Waals surface area contributed by atoms with Gasteiger partial charge >= 0.3 is 0 Å². The van der Waals surface area contributed by atoms with Gasteiger partial charge in [0.25, 0.3) is 0 Å². The zero-order valence-corrected chi connectivity index (χ0v) is 10.2. The lowest BCUT2D eigenvalue weighted by Gasteiger charge is -2.33. The van der Waals surface area contributed by atoms with Gasteiger partial charge in [-0.3, -0.25) is 11.3 Å². The largest absolute Gasteiger partial charge is 0.380 e. The smallest absolute Gasteiger partial charge is 0.0635 e. The molecule has 0 aliphatic heterocycles. The van der Waals surface area contributed by atoms with Gasteiger partial charge in [-0.25, -0.2) is 0 Å². The molecular formula is C12H26N2O. The van der Waals surface area contributed by atoms with E-state index in [1.54, 1.807) is 0 Å². The maximum absolute atomic E-state index is 5.60. The van der Waals surface area contributed by atoms with E-state index in [0.717, 1.165) is 19.1 Å². The molecule has 0 aromatic rings. The standard InChI is InChI=1S/C12H26N2O/c1-3-10-6-5-7-11(8-10)12(14-13)9-15-4-2/h10-12,14H,3-9,13H2,1-2H3. The van der Waals surface area contributed by atoms with Crippen molar-refractivity contribution in [2.75, 3.05) is 13.2 Å². The van der Waals surface area contributed by atoms with Crippen LogP contribution < -0.4 is 11.3 Å². The molecule has 0 amide bonds. The third-order valence-corrected chi connectivity index (χ3v) is 3.69. The Morgan fingerprint density at radius 2 is 2.20 bits per heavy atom. The second-order valence-corrected chi connectivity index (χ2v) is 4.63. The predicted octanol–water partition coefficient (Wildman–Crippen LogP) is 2.07. The first-order valence-electron chi connectivity index (χ1n) is 6.35. The van der Waals surface area contributed by atoms with Crippen LogP contribution in [0.1, 0.15) is 46.0 Å². The minimum atomic E-state index is 0.347. The van der Waals surface area contributed by atoms with Crippen LogP contribution >= 0.6 is 0 Å². The lowest BCUT2D eigenvalue weighted by atomic mass is 9.77. The zero-order valence-electron chi connectivity index (χ0n) is 10.2. The van der Waals surface area contributed by atoms with E-state index in [4.69, 9.17) is 10.6 Å². The summed E-state index contributed by atoms with van der Waals surface area (Å²) in [4.78, 5) is 0. The van der Waals surface area contributed by atoms with Crippen molar-refractivity contribution >= 4 is 0 Å². The molecule has 0 bridgehead atoms. The Morgan fingerprint density at radius 3 is 2.80 bits per heavy atom. The molecule has 3 atom stereocenters. The monoisotopic (exact) mass is 214 g/mol. The van der Waals surface area contributed by atoms with Crippen molar-refractivity contribution in [1.29, 1.82) is 0 Å². The summed E-state index contributed by atoms with van der Waals surface area (Å²) >= 11 is 0. The lowest BCUT2D eigenvalue weighted by Crippen LogP contribution is -2.45. The van der Waals surface area contributed by atoms with Gasteiger partial charge < -0.3 is 4.74 Å². The number of hydrogen-bond acceptors (Lipinski definition) is 3. The van der Waals surface area contributed by atoms with Crippen LogP contribution in [0, 0.1) is 11.8 Å². The van der Waals surface area contributed by atoms with Crippen LogP contribution in [0.25, 0.3) is 0 Å². The van der Waals surface area contributed by atoms with E-state index >= 15 is 0 Å². The molecular weight excluding hydrogens is 188 g/mol. The highest BCUT2D eigenvalue weighted by atomic mass is 16.5. The quantitative estimate of drug-likeness (QED) is 0.525. The summed E-state index contributed by atoms with van der Waals surface area (Å²) in [5.74, 6) is 7.21. The maximum Gasteiger partial charge on any atom is 0.0635 e. The van der Waals surface area contributed by atoms with Crippen LogP contribution in [0.3, 0.4) is 0 Å². The van der Waals surface area contributed by atoms with Crippen LogP contribution in [0.15, 0.2) is 0 Å². The average Bonchev–Trinajstić information content (AvgIpc) is 2.30. The molecule has 0 spiro atoms. The van der Waals surface area contributed by atoms with Crippen molar-refractivity contribution in [3.63, 3.8) is 0 Å². The molecule has 1 saturated carbocycles. The molecule has 3 nitrogen and oxygen atoms in total. The van der Waals surface area contributed by atoms with Crippen molar-refractivity contribution < 1.29 is 4.74 Å². The molecule has 15 heavy (non-hydrogen) atoms. The molecule has 0 heterocycles. The first-order valence-corrected chi connectivity index (χ1v) is 6.35. The molecule has 3 unspecified atom stereocenters. The minimum absolute atomic E-state index is 0.347. The normalized spacial score (nSPS) is 29.0. The molecule has 3 heteroatoms. The summed E-state index contributed by atoms with van der Waals surface area (Å²) in [7, 11) is 0. The summed E-state index contributed by atoms with van der Waals surface area (Å²) in [6.45, 7) is 5.86. The van der Waals surface area contributed by atoms with Gasteiger partial charge in [-0.1, -0.05) is 26.2 Å². The topological polar surface area (TPSA) is 47.3 Å². The van der Waals surface area contributed by atoms with Gasteiger partial charge in [-0.05, 0) is 31.6 Å². The Kier molecular flexibility index (Phi) is 6.22. The fourth-order valence-electron chi connectivity index (χ4n) is 2.63. The van der Waals surface area contributed by atoms with Gasteiger partial charge in [0.1, 0.15) is 0 Å². The van der Waals surface area contributed by atoms with Gasteiger partial charge in [0.05, 0.1) is 6.61 Å². The first-order chi connectivity index (χ1) is 7.31. The van der Waals surface area contributed by atoms with Crippen LogP contribution in [0.4, 0.5) is 0 Å². The second kappa shape index (κ2) is 7.20. The summed E-state index contributed by atoms with van der Waals surface area (Å²) in [6, 6.07) is 0.347. The van der Waals surface area contributed by atoms with E-state index in [2.05, 4.69) is 12.3 Å². The number of hydrogen-bond donors (Lipinski definition) is 2. The maximum atomic E-state index is 5.60. The summed E-state index contributed by atoms with van der Waals surface area (Å²) in [5, 5.41) is 0. The van der Waals surface area contributed by atoms with Crippen molar-refractivity contribution in [3.8, 4) is 0 Å². The number of rotatable bonds is 6. The summed E-state index contributed by atoms with van der Waals surface area (Å²) < 4.78 is 5.47. The molecule has 0 saturated heterocycles. The molecule has 1 aliphatic rings. The molecule has 3 N–H and O–H groups in total. The SMILES string of the molecule is CCOCC(NN)C1CCCC(CC)C1. The van der Waals surface area contributed by atoms with Crippen LogP contribution in [0.5, 0.6) is 0 Å². The van der Waals surface area contributed by atoms with E-state index in [0.29, 0.717) is 12.0 Å². The second-order valence-electron chi connectivity index (χ2n) is 4.63. The molecule has 1 aliphatic carbocycles. The molecule has 0 radical (unpaired) electrons. The van der Waals surface area contributed by atoms with Crippen molar-refractivity contribution in [2.24, 2.45) is 17.7 Å². The van der Waals surface area contributed by atoms with Gasteiger partial charge in [0.15, 0.2) is 0 Å². The lowest BCUT2D eigenvalue weighted by molar-refractivity contribution is 0.0847. The Bertz CT molecular complexity index is 164. The average molecular weight is 214 g/mol. The zero-order chi connectivity index (χ0) is 11.1. The number of hydrazine groups is 1. The molecule has 1 fully saturated rings. The van der Waals surface area contributed by atoms with E-state index in [1.165, 1.54) is 32.1 Å². The van der Waals surface area contributed by atoms with Gasteiger partial charge in [-0.15, -0.1) is 0 Å². The van der Waals surface area contributed by atoms with Crippen LogP contribution in [-0.4, -0.2) is 19.3 Å². The summed E-state index contributed by atoms with van der Waals surface area (Å²) in [5.41, 5.74) is 2.93. The Hall–Kier alpha value is -0.120. The Morgan fingerprint density at radius 1 is 1.40 bits per heavy atom. The molecule has 0 aromatic heterocycles. The molecule has 90 valence electrons. The number of nitrogens with two attached hydrogens (primary N) is 1. The van der Waals surface area contributed by atoms with E-state index in [9.17, 15) is 0 Å². The summed E-state index contributed by atoms with van der Waals surface area (Å²) in [6.07, 6.45) is 6.69. The van der Waals surface area contributed by atoms with Gasteiger partial charge in [0, 0.05) is 12.6 Å². The molecule has 0 aromatic carbocycles. The van der Waals surface area contributed by atoms with Crippen molar-refractivity contribution in [3.05, 3.63) is 0 Å². The highest BCUT2D eigenvalue weighted by Crippen LogP contribution is 2.32. The van der Waals surface area contributed by atoms with E-state index < -0.39 is 0 Å². The van der Waals surface area contributed by atoms with Gasteiger partial charge in [-0.2, -0.15) is 0 Å². The van der Waals surface area contributed by atoms with E-state index in [-0.39, 0.29) is 0 Å². The van der Waals surface area contributed by atoms with Crippen molar-refractivity contribution in [1.82, 2.24) is 5.43 Å². The number of nitrogens with one attached hydrogen (secondary N) is 1. The predicted molar refractivity (Wildman–Crippen MR) is 63.3 cm³/mol. The Balaban J connectivity index is 2.37. The van der Waals surface area contributed by atoms with Crippen LogP contribution in [-0.2, 0) is 4.74 Å². The fraction of sp³-hybridized carbons (Fsp3) is 1.00. The molecule has 1 rings (SSSR count). The fourth-order valence-corrected chi connectivity index (χ4v) is 2.63. The van der Waals surface area contributed by atoms with E-state index in [1.807, 2.05) is 6.92 Å². The van der Waals surface area contributed by atoms with Crippen LogP contribution in [0.2, 0.25) is 0 Å². The number of ether oxygens (including phenoxy) is 1. The van der Waals surface area contributed by atoms with Gasteiger partial charge in [0.2, 0.25) is 0 Å². The minimum Gasteiger partial charge on any atom is -0.380 e. The highest BCUT2D eigenvalue weighted by Gasteiger charge is 2.27. The van der Waals surface area contributed by atoms with Crippen molar-refractivity contribution in [2.45, 2.75) is 52.0 Å². The first kappa shape index (κ1) is 12.9. The highest BCUT2D eigenvalue weighted by molar-refractivity contribution is 4.81. The Labute approximate surface area is 93.7 Å². The third-order valence-electron chi connectivity index (χ3n) is 3.69. The third kappa shape index (κ3) is 4.09.